The van der Waals surface area contributed by atoms with Crippen LogP contribution in [0.2, 0.25) is 0 Å². The van der Waals surface area contributed by atoms with Crippen LogP contribution in [0.25, 0.3) is 0 Å². The van der Waals surface area contributed by atoms with E-state index in [0.717, 1.165) is 24.4 Å². The van der Waals surface area contributed by atoms with Crippen LogP contribution in [-0.4, -0.2) is 24.1 Å². The fraction of sp³-hybridized carbons (Fsp3) is 0.667. The maximum Gasteiger partial charge on any atom is 0.131 e. The molecule has 84 valence electrons. The van der Waals surface area contributed by atoms with Gasteiger partial charge >= 0.3 is 0 Å². The van der Waals surface area contributed by atoms with Crippen LogP contribution in [0.4, 0.5) is 5.82 Å². The van der Waals surface area contributed by atoms with Crippen LogP contribution in [0.1, 0.15) is 39.3 Å². The Kier molecular flexibility index (Phi) is 3.66. The van der Waals surface area contributed by atoms with E-state index in [0.29, 0.717) is 0 Å². The highest BCUT2D eigenvalue weighted by Gasteiger charge is 2.24. The number of aromatic nitrogens is 2. The maximum absolute atomic E-state index is 4.40. The smallest absolute Gasteiger partial charge is 0.131 e. The van der Waals surface area contributed by atoms with Crippen LogP contribution in [0, 0.1) is 0 Å². The van der Waals surface area contributed by atoms with E-state index in [1.54, 1.807) is 6.33 Å². The third-order valence-corrected chi connectivity index (χ3v) is 3.29. The van der Waals surface area contributed by atoms with Crippen molar-refractivity contribution in [3.8, 4) is 0 Å². The summed E-state index contributed by atoms with van der Waals surface area (Å²) in [6, 6.07) is 2.09. The van der Waals surface area contributed by atoms with Gasteiger partial charge in [-0.15, -0.1) is 0 Å². The molecule has 0 aliphatic carbocycles. The summed E-state index contributed by atoms with van der Waals surface area (Å²) in [7, 11) is 4.00. The lowest BCUT2D eigenvalue weighted by molar-refractivity contribution is 0.425. The minimum Gasteiger partial charge on any atom is -0.363 e. The van der Waals surface area contributed by atoms with Crippen LogP contribution in [0.3, 0.4) is 0 Å². The van der Waals surface area contributed by atoms with Crippen LogP contribution in [0.5, 0.6) is 0 Å². The van der Waals surface area contributed by atoms with Crippen molar-refractivity contribution in [1.82, 2.24) is 9.97 Å². The fourth-order valence-corrected chi connectivity index (χ4v) is 1.53. The van der Waals surface area contributed by atoms with Gasteiger partial charge in [-0.3, -0.25) is 0 Å². The first-order valence-electron chi connectivity index (χ1n) is 5.53. The highest BCUT2D eigenvalue weighted by molar-refractivity contribution is 5.38. The molecule has 15 heavy (non-hydrogen) atoms. The Labute approximate surface area is 92.6 Å². The van der Waals surface area contributed by atoms with Gasteiger partial charge in [0.1, 0.15) is 12.1 Å². The lowest BCUT2D eigenvalue weighted by atomic mass is 9.81. The van der Waals surface area contributed by atoms with Gasteiger partial charge in [-0.25, -0.2) is 9.97 Å². The molecule has 3 heteroatoms. The fourth-order valence-electron chi connectivity index (χ4n) is 1.53. The van der Waals surface area contributed by atoms with Crippen molar-refractivity contribution in [3.05, 3.63) is 18.1 Å². The average molecular weight is 207 g/mol. The molecule has 0 aromatic carbocycles. The van der Waals surface area contributed by atoms with Crippen molar-refractivity contribution in [3.63, 3.8) is 0 Å². The second-order valence-corrected chi connectivity index (χ2v) is 4.42. The third kappa shape index (κ3) is 2.46. The van der Waals surface area contributed by atoms with Gasteiger partial charge in [0, 0.05) is 25.6 Å². The van der Waals surface area contributed by atoms with Gasteiger partial charge in [0.05, 0.1) is 5.69 Å². The molecule has 3 nitrogen and oxygen atoms in total. The molecule has 0 bridgehead atoms. The number of hydrogen-bond acceptors (Lipinski definition) is 3. The first-order valence-corrected chi connectivity index (χ1v) is 5.53. The minimum atomic E-state index is 0.174. The summed E-state index contributed by atoms with van der Waals surface area (Å²) in [5.74, 6) is 0.980. The summed E-state index contributed by atoms with van der Waals surface area (Å²) in [6.07, 6.45) is 3.87. The molecular weight excluding hydrogens is 186 g/mol. The van der Waals surface area contributed by atoms with Crippen LogP contribution < -0.4 is 4.90 Å². The molecule has 1 aromatic heterocycles. The second-order valence-electron chi connectivity index (χ2n) is 4.42. The molecule has 0 unspecified atom stereocenters. The molecule has 1 rings (SSSR count). The van der Waals surface area contributed by atoms with Gasteiger partial charge in [0.25, 0.3) is 0 Å². The van der Waals surface area contributed by atoms with Gasteiger partial charge in [0.2, 0.25) is 0 Å². The third-order valence-electron chi connectivity index (χ3n) is 3.29. The molecule has 1 heterocycles. The Morgan fingerprint density at radius 1 is 1.20 bits per heavy atom. The Morgan fingerprint density at radius 2 is 1.80 bits per heavy atom. The Hall–Kier alpha value is -1.12. The molecule has 1 aromatic rings. The van der Waals surface area contributed by atoms with E-state index in [1.165, 1.54) is 0 Å². The van der Waals surface area contributed by atoms with E-state index in [1.807, 2.05) is 19.0 Å². The Balaban J connectivity index is 3.09. The lowest BCUT2D eigenvalue weighted by Gasteiger charge is -2.26. The molecule has 0 saturated heterocycles. The summed E-state index contributed by atoms with van der Waals surface area (Å²) in [4.78, 5) is 10.6. The molecule has 0 spiro atoms. The first kappa shape index (κ1) is 12.0. The minimum absolute atomic E-state index is 0.174. The summed E-state index contributed by atoms with van der Waals surface area (Å²) in [5.41, 5.74) is 1.32. The average Bonchev–Trinajstić information content (AvgIpc) is 2.28. The Bertz CT molecular complexity index is 316. The van der Waals surface area contributed by atoms with E-state index in [2.05, 4.69) is 36.8 Å². The van der Waals surface area contributed by atoms with Crippen molar-refractivity contribution in [2.24, 2.45) is 0 Å². The SMILES string of the molecule is CCC(C)(CC)c1cc(N(C)C)ncn1. The van der Waals surface area contributed by atoms with Gasteiger partial charge in [0.15, 0.2) is 0 Å². The molecule has 0 N–H and O–H groups in total. The molecule has 0 aliphatic heterocycles. The predicted octanol–water partition coefficient (Wildman–Crippen LogP) is 2.62. The normalized spacial score (nSPS) is 11.5. The van der Waals surface area contributed by atoms with Crippen molar-refractivity contribution in [1.29, 1.82) is 0 Å². The molecule has 0 fully saturated rings. The quantitative estimate of drug-likeness (QED) is 0.760. The van der Waals surface area contributed by atoms with Gasteiger partial charge in [-0.05, 0) is 12.8 Å². The zero-order valence-corrected chi connectivity index (χ0v) is 10.4. The molecule has 0 aliphatic rings. The highest BCUT2D eigenvalue weighted by Crippen LogP contribution is 2.30. The highest BCUT2D eigenvalue weighted by atomic mass is 15.1. The van der Waals surface area contributed by atoms with Crippen LogP contribution in [0.15, 0.2) is 12.4 Å². The zero-order valence-electron chi connectivity index (χ0n) is 10.4. The standard InChI is InChI=1S/C12H21N3/c1-6-12(3,7-2)10-8-11(15(4)5)14-9-13-10/h8-9H,6-7H2,1-5H3. The van der Waals surface area contributed by atoms with Crippen molar-refractivity contribution < 1.29 is 0 Å². The van der Waals surface area contributed by atoms with E-state index >= 15 is 0 Å². The van der Waals surface area contributed by atoms with Crippen LogP contribution in [-0.2, 0) is 5.41 Å². The van der Waals surface area contributed by atoms with Crippen molar-refractivity contribution in [2.75, 3.05) is 19.0 Å². The van der Waals surface area contributed by atoms with Gasteiger partial charge < -0.3 is 4.90 Å². The van der Waals surface area contributed by atoms with E-state index in [4.69, 9.17) is 0 Å². The zero-order chi connectivity index (χ0) is 11.5. The topological polar surface area (TPSA) is 29.0 Å². The monoisotopic (exact) mass is 207 g/mol. The number of rotatable bonds is 4. The molecule has 0 radical (unpaired) electrons. The maximum atomic E-state index is 4.40. The van der Waals surface area contributed by atoms with Gasteiger partial charge in [-0.2, -0.15) is 0 Å². The number of anilines is 1. The summed E-state index contributed by atoms with van der Waals surface area (Å²) < 4.78 is 0. The molecule has 0 amide bonds. The second kappa shape index (κ2) is 4.60. The van der Waals surface area contributed by atoms with Gasteiger partial charge in [-0.1, -0.05) is 20.8 Å². The summed E-state index contributed by atoms with van der Waals surface area (Å²) in [5, 5.41) is 0. The molecular formula is C12H21N3. The molecule has 0 atom stereocenters. The Morgan fingerprint density at radius 3 is 2.27 bits per heavy atom. The number of hydrogen-bond donors (Lipinski definition) is 0. The van der Waals surface area contributed by atoms with E-state index < -0.39 is 0 Å². The number of nitrogens with zero attached hydrogens (tertiary/aromatic N) is 3. The van der Waals surface area contributed by atoms with Crippen LogP contribution >= 0.6 is 0 Å². The summed E-state index contributed by atoms with van der Waals surface area (Å²) in [6.45, 7) is 6.68. The largest absolute Gasteiger partial charge is 0.363 e. The lowest BCUT2D eigenvalue weighted by Crippen LogP contribution is -2.22. The van der Waals surface area contributed by atoms with Crippen molar-refractivity contribution >= 4 is 5.82 Å². The van der Waals surface area contributed by atoms with E-state index in [-0.39, 0.29) is 5.41 Å². The van der Waals surface area contributed by atoms with E-state index in [9.17, 15) is 0 Å². The first-order chi connectivity index (χ1) is 7.03. The van der Waals surface area contributed by atoms with Crippen molar-refractivity contribution in [2.45, 2.75) is 39.0 Å². The predicted molar refractivity (Wildman–Crippen MR) is 64.3 cm³/mol. The summed E-state index contributed by atoms with van der Waals surface area (Å²) >= 11 is 0. The molecule has 0 saturated carbocycles.